The molecule has 1 saturated carbocycles. The van der Waals surface area contributed by atoms with Gasteiger partial charge in [-0.15, -0.1) is 0 Å². The summed E-state index contributed by atoms with van der Waals surface area (Å²) in [7, 11) is 0. The Bertz CT molecular complexity index is 657. The van der Waals surface area contributed by atoms with E-state index in [1.165, 1.54) is 77.0 Å². The zero-order valence-electron chi connectivity index (χ0n) is 19.4. The number of hydrogen-bond acceptors (Lipinski definition) is 1. The van der Waals surface area contributed by atoms with Crippen molar-refractivity contribution in [2.45, 2.75) is 104 Å². The maximum Gasteiger partial charge on any atom is 0.165 e. The molecule has 0 spiro atoms. The highest BCUT2D eigenvalue weighted by atomic mass is 19.1. The molecule has 1 aromatic rings. The van der Waals surface area contributed by atoms with Crippen LogP contribution in [0.1, 0.15) is 103 Å². The van der Waals surface area contributed by atoms with Crippen LogP contribution in [0.2, 0.25) is 0 Å². The normalized spacial score (nSPS) is 24.5. The molecule has 1 unspecified atom stereocenters. The molecule has 0 bridgehead atoms. The Labute approximate surface area is 184 Å². The maximum absolute atomic E-state index is 14.1. The Balaban J connectivity index is 1.37. The summed E-state index contributed by atoms with van der Waals surface area (Å²) < 4.78 is 19.4. The summed E-state index contributed by atoms with van der Waals surface area (Å²) in [5.74, 6) is 3.04. The summed E-state index contributed by atoms with van der Waals surface area (Å²) in [5, 5.41) is 0. The first kappa shape index (κ1) is 23.4. The second-order valence-corrected chi connectivity index (χ2v) is 9.72. The molecule has 168 valence electrons. The Morgan fingerprint density at radius 3 is 2.43 bits per heavy atom. The first-order valence-corrected chi connectivity index (χ1v) is 12.8. The minimum atomic E-state index is -0.229. The molecule has 0 aromatic heterocycles. The van der Waals surface area contributed by atoms with Gasteiger partial charge in [0.15, 0.2) is 11.6 Å². The van der Waals surface area contributed by atoms with Gasteiger partial charge in [-0.25, -0.2) is 4.39 Å². The van der Waals surface area contributed by atoms with E-state index < -0.39 is 0 Å². The van der Waals surface area contributed by atoms with Crippen LogP contribution in [0.5, 0.6) is 5.75 Å². The highest BCUT2D eigenvalue weighted by Crippen LogP contribution is 2.41. The smallest absolute Gasteiger partial charge is 0.165 e. The van der Waals surface area contributed by atoms with Crippen molar-refractivity contribution >= 4 is 0 Å². The molecule has 0 radical (unpaired) electrons. The van der Waals surface area contributed by atoms with E-state index >= 15 is 0 Å². The molecular formula is C28H43FO. The van der Waals surface area contributed by atoms with Gasteiger partial charge in [-0.2, -0.15) is 0 Å². The molecule has 0 saturated heterocycles. The molecule has 0 amide bonds. The third-order valence-corrected chi connectivity index (χ3v) is 7.60. The molecule has 30 heavy (non-hydrogen) atoms. The Hall–Kier alpha value is -1.31. The number of ether oxygens (including phenoxy) is 1. The van der Waals surface area contributed by atoms with Gasteiger partial charge in [0.05, 0.1) is 6.61 Å². The van der Waals surface area contributed by atoms with Gasteiger partial charge >= 0.3 is 0 Å². The van der Waals surface area contributed by atoms with E-state index in [-0.39, 0.29) is 5.82 Å². The van der Waals surface area contributed by atoms with Gasteiger partial charge in [0, 0.05) is 0 Å². The van der Waals surface area contributed by atoms with E-state index in [1.54, 1.807) is 17.7 Å². The van der Waals surface area contributed by atoms with Crippen LogP contribution in [0.4, 0.5) is 4.39 Å². The van der Waals surface area contributed by atoms with Crippen molar-refractivity contribution in [3.05, 3.63) is 41.2 Å². The van der Waals surface area contributed by atoms with Crippen molar-refractivity contribution in [1.29, 1.82) is 0 Å². The van der Waals surface area contributed by atoms with Crippen molar-refractivity contribution in [2.75, 3.05) is 6.61 Å². The molecule has 0 heterocycles. The van der Waals surface area contributed by atoms with Crippen LogP contribution in [0.25, 0.3) is 0 Å². The Morgan fingerprint density at radius 2 is 1.77 bits per heavy atom. The fourth-order valence-corrected chi connectivity index (χ4v) is 5.65. The highest BCUT2D eigenvalue weighted by molar-refractivity contribution is 5.30. The van der Waals surface area contributed by atoms with Gasteiger partial charge in [0.25, 0.3) is 0 Å². The van der Waals surface area contributed by atoms with Gasteiger partial charge in [-0.05, 0) is 87.3 Å². The van der Waals surface area contributed by atoms with Gasteiger partial charge in [-0.1, -0.05) is 69.6 Å². The van der Waals surface area contributed by atoms with Crippen LogP contribution in [-0.4, -0.2) is 6.61 Å². The molecule has 1 nitrogen and oxygen atoms in total. The standard InChI is InChI=1S/C28H43FO/c1-3-5-6-7-8-22-11-16-25(17-12-22)26-18-13-23(14-19-26)9-10-24-15-20-28(30-4-2)27(29)21-24/h13,15,20-22,25-26H,3-12,14,16-19H2,1-2H3. The average Bonchev–Trinajstić information content (AvgIpc) is 2.78. The molecule has 1 fully saturated rings. The third kappa shape index (κ3) is 7.13. The van der Waals surface area contributed by atoms with Crippen LogP contribution in [0, 0.1) is 23.6 Å². The number of aryl methyl sites for hydroxylation is 1. The number of allylic oxidation sites excluding steroid dienone is 2. The van der Waals surface area contributed by atoms with E-state index in [0.717, 1.165) is 36.2 Å². The minimum absolute atomic E-state index is 0.229. The number of rotatable bonds is 11. The quantitative estimate of drug-likeness (QED) is 0.260. The second-order valence-electron chi connectivity index (χ2n) is 9.72. The van der Waals surface area contributed by atoms with E-state index in [1.807, 2.05) is 13.0 Å². The fraction of sp³-hybridized carbons (Fsp3) is 0.714. The lowest BCUT2D eigenvalue weighted by Crippen LogP contribution is -2.23. The van der Waals surface area contributed by atoms with Gasteiger partial charge in [-0.3, -0.25) is 0 Å². The summed E-state index contributed by atoms with van der Waals surface area (Å²) in [5.41, 5.74) is 2.67. The molecule has 2 heteroatoms. The molecule has 3 rings (SSSR count). The van der Waals surface area contributed by atoms with Gasteiger partial charge < -0.3 is 4.74 Å². The van der Waals surface area contributed by atoms with Crippen LogP contribution >= 0.6 is 0 Å². The van der Waals surface area contributed by atoms with Crippen molar-refractivity contribution in [3.8, 4) is 5.75 Å². The van der Waals surface area contributed by atoms with Crippen LogP contribution in [-0.2, 0) is 6.42 Å². The molecule has 1 atom stereocenters. The van der Waals surface area contributed by atoms with E-state index in [9.17, 15) is 4.39 Å². The lowest BCUT2D eigenvalue weighted by Gasteiger charge is -2.35. The summed E-state index contributed by atoms with van der Waals surface area (Å²) in [6, 6.07) is 5.44. The number of hydrogen-bond donors (Lipinski definition) is 0. The number of benzene rings is 1. The van der Waals surface area contributed by atoms with Crippen molar-refractivity contribution in [1.82, 2.24) is 0 Å². The summed E-state index contributed by atoms with van der Waals surface area (Å²) in [6.07, 6.45) is 21.5. The summed E-state index contributed by atoms with van der Waals surface area (Å²) in [6.45, 7) is 4.69. The van der Waals surface area contributed by atoms with Crippen molar-refractivity contribution in [2.24, 2.45) is 17.8 Å². The first-order valence-electron chi connectivity index (χ1n) is 12.8. The van der Waals surface area contributed by atoms with Crippen LogP contribution in [0.3, 0.4) is 0 Å². The molecular weight excluding hydrogens is 371 g/mol. The molecule has 1 aromatic carbocycles. The minimum Gasteiger partial charge on any atom is -0.491 e. The molecule has 0 aliphatic heterocycles. The van der Waals surface area contributed by atoms with Gasteiger partial charge in [0.1, 0.15) is 0 Å². The monoisotopic (exact) mass is 414 g/mol. The van der Waals surface area contributed by atoms with E-state index in [0.29, 0.717) is 12.4 Å². The predicted octanol–water partition coefficient (Wildman–Crippen LogP) is 8.66. The Morgan fingerprint density at radius 1 is 0.933 bits per heavy atom. The molecule has 0 N–H and O–H groups in total. The molecule has 2 aliphatic carbocycles. The lowest BCUT2D eigenvalue weighted by molar-refractivity contribution is 0.185. The largest absolute Gasteiger partial charge is 0.491 e. The highest BCUT2D eigenvalue weighted by Gasteiger charge is 2.28. The third-order valence-electron chi connectivity index (χ3n) is 7.60. The van der Waals surface area contributed by atoms with Gasteiger partial charge in [0.2, 0.25) is 0 Å². The van der Waals surface area contributed by atoms with E-state index in [2.05, 4.69) is 13.0 Å². The maximum atomic E-state index is 14.1. The van der Waals surface area contributed by atoms with Crippen LogP contribution in [0.15, 0.2) is 29.8 Å². The second kappa shape index (κ2) is 12.5. The van der Waals surface area contributed by atoms with Crippen molar-refractivity contribution < 1.29 is 9.13 Å². The SMILES string of the molecule is CCCCCCC1CCC(C2CC=C(CCc3ccc(OCC)c(F)c3)CC2)CC1. The lowest BCUT2D eigenvalue weighted by atomic mass is 9.70. The summed E-state index contributed by atoms with van der Waals surface area (Å²) in [4.78, 5) is 0. The Kier molecular flexibility index (Phi) is 9.75. The average molecular weight is 415 g/mol. The van der Waals surface area contributed by atoms with Crippen LogP contribution < -0.4 is 4.74 Å². The van der Waals surface area contributed by atoms with Crippen molar-refractivity contribution in [3.63, 3.8) is 0 Å². The predicted molar refractivity (Wildman–Crippen MR) is 126 cm³/mol. The first-order chi connectivity index (χ1) is 14.7. The summed E-state index contributed by atoms with van der Waals surface area (Å²) >= 11 is 0. The molecule has 2 aliphatic rings. The number of unbranched alkanes of at least 4 members (excludes halogenated alkanes) is 3. The van der Waals surface area contributed by atoms with E-state index in [4.69, 9.17) is 4.74 Å². The topological polar surface area (TPSA) is 9.23 Å². The zero-order valence-corrected chi connectivity index (χ0v) is 19.4. The fourth-order valence-electron chi connectivity index (χ4n) is 5.65. The number of halogens is 1. The zero-order chi connectivity index (χ0) is 21.2.